The predicted molar refractivity (Wildman–Crippen MR) is 175 cm³/mol. The molecule has 4 aliphatic heterocycles. The molecule has 6 rings (SSSR count). The standard InChI is InChI=1S/C37H43N3O7/c1-5-26(21-41)40-33-35(44)39(27-20-22(2)15-16-23(27)3)19-11-7-10-14-29(42)38-24(4)32(25-12-8-6-9-13-25)46-36(45)30-28-17-18-37(33,47-28)31(30)34(40)43/h6-9,11-13,15-18,20,24,26,28,30-33,41H,5,10,14,19,21H2,1-4H3,(H,38,42)/b11-7-/t24-,26-,28+,30-,31-,32+,33+,37-/m0/s1. The first kappa shape index (κ1) is 32.7. The van der Waals surface area contributed by atoms with E-state index in [0.29, 0.717) is 24.1 Å². The lowest BCUT2D eigenvalue weighted by atomic mass is 9.74. The number of nitrogens with one attached hydrogen (secondary N) is 1. The summed E-state index contributed by atoms with van der Waals surface area (Å²) in [6.45, 7) is 7.35. The lowest BCUT2D eigenvalue weighted by molar-refractivity contribution is -0.161. The second-order valence-electron chi connectivity index (χ2n) is 13.1. The Kier molecular flexibility index (Phi) is 9.09. The number of hydrogen-bond acceptors (Lipinski definition) is 7. The zero-order chi connectivity index (χ0) is 33.5. The first-order valence-electron chi connectivity index (χ1n) is 16.5. The Bertz CT molecular complexity index is 1600. The SMILES string of the molecule is CC[C@@H](CO)N1C(=O)[C@@H]2[C@H]3C(=O)O[C@@H](c4ccccc4)[C@H](C)NC(=O)CC/C=C\CN(c4cc(C)ccc4C)C(=O)[C@@H]1[C@]21C=C[C@H]3O1. The smallest absolute Gasteiger partial charge is 0.313 e. The number of likely N-dealkylation sites (tertiary alicyclic amines) is 1. The van der Waals surface area contributed by atoms with E-state index in [1.54, 1.807) is 24.0 Å². The van der Waals surface area contributed by atoms with Gasteiger partial charge in [-0.1, -0.05) is 73.7 Å². The summed E-state index contributed by atoms with van der Waals surface area (Å²) in [5, 5.41) is 13.5. The molecule has 2 aromatic carbocycles. The maximum absolute atomic E-state index is 15.0. The number of hydrogen-bond donors (Lipinski definition) is 2. The molecule has 2 saturated heterocycles. The van der Waals surface area contributed by atoms with E-state index in [0.717, 1.165) is 11.1 Å². The van der Waals surface area contributed by atoms with Gasteiger partial charge in [0.2, 0.25) is 11.8 Å². The van der Waals surface area contributed by atoms with Crippen molar-refractivity contribution in [3.63, 3.8) is 0 Å². The largest absolute Gasteiger partial charge is 0.455 e. The van der Waals surface area contributed by atoms with Crippen LogP contribution >= 0.6 is 0 Å². The van der Waals surface area contributed by atoms with Crippen molar-refractivity contribution >= 4 is 29.4 Å². The second kappa shape index (κ2) is 13.1. The van der Waals surface area contributed by atoms with Gasteiger partial charge in [0.1, 0.15) is 23.7 Å². The Morgan fingerprint density at radius 3 is 2.53 bits per heavy atom. The highest BCUT2D eigenvalue weighted by molar-refractivity contribution is 6.05. The zero-order valence-electron chi connectivity index (χ0n) is 27.3. The van der Waals surface area contributed by atoms with Crippen LogP contribution in [0.2, 0.25) is 0 Å². The summed E-state index contributed by atoms with van der Waals surface area (Å²) >= 11 is 0. The predicted octanol–water partition coefficient (Wildman–Crippen LogP) is 3.70. The number of aryl methyl sites for hydroxylation is 2. The van der Waals surface area contributed by atoms with Crippen molar-refractivity contribution in [3.05, 3.63) is 89.5 Å². The average molecular weight is 642 g/mol. The number of nitrogens with zero attached hydrogens (tertiary/aromatic N) is 2. The first-order valence-corrected chi connectivity index (χ1v) is 16.5. The van der Waals surface area contributed by atoms with Crippen LogP contribution in [-0.4, -0.2) is 76.7 Å². The maximum Gasteiger partial charge on any atom is 0.313 e. The number of cyclic esters (lactones) is 1. The molecule has 4 aliphatic rings. The highest BCUT2D eigenvalue weighted by Gasteiger charge is 2.74. The summed E-state index contributed by atoms with van der Waals surface area (Å²) in [6, 6.07) is 12.7. The third kappa shape index (κ3) is 5.67. The number of aliphatic hydroxyl groups is 1. The van der Waals surface area contributed by atoms with Gasteiger partial charge in [0.15, 0.2) is 0 Å². The van der Waals surface area contributed by atoms with Gasteiger partial charge in [0, 0.05) is 18.7 Å². The Balaban J connectivity index is 1.48. The average Bonchev–Trinajstić information content (AvgIpc) is 3.71. The van der Waals surface area contributed by atoms with Gasteiger partial charge in [-0.3, -0.25) is 19.2 Å². The van der Waals surface area contributed by atoms with Gasteiger partial charge in [-0.25, -0.2) is 0 Å². The molecular formula is C37H43N3O7. The molecule has 0 aliphatic carbocycles. The van der Waals surface area contributed by atoms with E-state index in [1.807, 2.05) is 81.5 Å². The molecule has 0 unspecified atom stereocenters. The van der Waals surface area contributed by atoms with Crippen molar-refractivity contribution in [2.24, 2.45) is 11.8 Å². The van der Waals surface area contributed by atoms with Crippen LogP contribution in [0.15, 0.2) is 72.8 Å². The van der Waals surface area contributed by atoms with E-state index in [-0.39, 0.29) is 31.4 Å². The molecule has 8 atom stereocenters. The van der Waals surface area contributed by atoms with Crippen molar-refractivity contribution in [1.29, 1.82) is 0 Å². The third-order valence-electron chi connectivity index (χ3n) is 10.0. The molecule has 5 bridgehead atoms. The number of benzene rings is 2. The van der Waals surface area contributed by atoms with Gasteiger partial charge < -0.3 is 29.7 Å². The van der Waals surface area contributed by atoms with Crippen molar-refractivity contribution in [3.8, 4) is 0 Å². The van der Waals surface area contributed by atoms with Crippen LogP contribution in [0, 0.1) is 25.7 Å². The monoisotopic (exact) mass is 641 g/mol. The third-order valence-corrected chi connectivity index (χ3v) is 10.0. The number of rotatable bonds is 5. The van der Waals surface area contributed by atoms with Crippen LogP contribution in [0.3, 0.4) is 0 Å². The van der Waals surface area contributed by atoms with E-state index in [2.05, 4.69) is 5.32 Å². The van der Waals surface area contributed by atoms with Crippen LogP contribution in [-0.2, 0) is 28.7 Å². The highest BCUT2D eigenvalue weighted by atomic mass is 16.6. The fourth-order valence-electron chi connectivity index (χ4n) is 7.65. The summed E-state index contributed by atoms with van der Waals surface area (Å²) in [4.78, 5) is 59.9. The molecule has 248 valence electrons. The molecule has 47 heavy (non-hydrogen) atoms. The Hall–Kier alpha value is -4.28. The fraction of sp³-hybridized carbons (Fsp3) is 0.459. The molecule has 10 heteroatoms. The van der Waals surface area contributed by atoms with E-state index >= 15 is 4.79 Å². The molecule has 4 heterocycles. The number of carbonyl (C=O) groups excluding carboxylic acids is 4. The van der Waals surface area contributed by atoms with E-state index < -0.39 is 59.6 Å². The van der Waals surface area contributed by atoms with Crippen LogP contribution in [0.4, 0.5) is 5.69 Å². The van der Waals surface area contributed by atoms with E-state index in [9.17, 15) is 19.5 Å². The molecule has 2 aromatic rings. The van der Waals surface area contributed by atoms with Gasteiger partial charge >= 0.3 is 5.97 Å². The number of aliphatic hydroxyl groups excluding tert-OH is 1. The molecule has 0 aromatic heterocycles. The summed E-state index contributed by atoms with van der Waals surface area (Å²) in [7, 11) is 0. The van der Waals surface area contributed by atoms with E-state index in [4.69, 9.17) is 9.47 Å². The molecule has 2 fully saturated rings. The Morgan fingerprint density at radius 2 is 1.81 bits per heavy atom. The van der Waals surface area contributed by atoms with Crippen molar-refractivity contribution in [2.75, 3.05) is 18.1 Å². The highest BCUT2D eigenvalue weighted by Crippen LogP contribution is 2.56. The Labute approximate surface area is 275 Å². The van der Waals surface area contributed by atoms with Gasteiger partial charge in [-0.05, 0) is 56.4 Å². The number of fused-ring (bicyclic) bond motifs is 2. The molecule has 0 radical (unpaired) electrons. The number of carbonyl (C=O) groups is 4. The summed E-state index contributed by atoms with van der Waals surface area (Å²) in [5.74, 6) is -3.69. The van der Waals surface area contributed by atoms with E-state index in [1.165, 1.54) is 4.90 Å². The normalized spacial score (nSPS) is 32.3. The molecule has 3 amide bonds. The van der Waals surface area contributed by atoms with Crippen molar-refractivity contribution in [2.45, 2.75) is 82.9 Å². The van der Waals surface area contributed by atoms with Gasteiger partial charge in [-0.2, -0.15) is 0 Å². The molecule has 10 nitrogen and oxygen atoms in total. The first-order chi connectivity index (χ1) is 22.6. The number of allylic oxidation sites excluding steroid dienone is 1. The topological polar surface area (TPSA) is 125 Å². The number of ether oxygens (including phenoxy) is 2. The summed E-state index contributed by atoms with van der Waals surface area (Å²) in [5.41, 5.74) is 1.79. The summed E-state index contributed by atoms with van der Waals surface area (Å²) in [6.07, 6.45) is 6.67. The number of esters is 1. The minimum absolute atomic E-state index is 0.186. The molecule has 2 N–H and O–H groups in total. The quantitative estimate of drug-likeness (QED) is 0.377. The maximum atomic E-state index is 15.0. The van der Waals surface area contributed by atoms with Crippen LogP contribution in [0.5, 0.6) is 0 Å². The van der Waals surface area contributed by atoms with Gasteiger partial charge in [0.25, 0.3) is 5.91 Å². The fourth-order valence-corrected chi connectivity index (χ4v) is 7.65. The van der Waals surface area contributed by atoms with Gasteiger partial charge in [0.05, 0.1) is 30.7 Å². The second-order valence-corrected chi connectivity index (χ2v) is 13.1. The zero-order valence-corrected chi connectivity index (χ0v) is 27.3. The Morgan fingerprint density at radius 1 is 1.04 bits per heavy atom. The summed E-state index contributed by atoms with van der Waals surface area (Å²) < 4.78 is 12.8. The van der Waals surface area contributed by atoms with Crippen LogP contribution < -0.4 is 10.2 Å². The number of anilines is 1. The molecule has 0 saturated carbocycles. The van der Waals surface area contributed by atoms with Crippen molar-refractivity contribution in [1.82, 2.24) is 10.2 Å². The molecule has 1 spiro atoms. The lowest BCUT2D eigenvalue weighted by Gasteiger charge is -2.39. The molecular weight excluding hydrogens is 598 g/mol. The van der Waals surface area contributed by atoms with Gasteiger partial charge in [-0.15, -0.1) is 0 Å². The minimum Gasteiger partial charge on any atom is -0.455 e. The number of amides is 3. The van der Waals surface area contributed by atoms with Crippen LogP contribution in [0.1, 0.15) is 55.9 Å². The lowest BCUT2D eigenvalue weighted by Crippen LogP contribution is -2.58. The minimum atomic E-state index is -1.43. The van der Waals surface area contributed by atoms with Crippen molar-refractivity contribution < 1.29 is 33.8 Å². The van der Waals surface area contributed by atoms with Crippen LogP contribution in [0.25, 0.3) is 0 Å².